The summed E-state index contributed by atoms with van der Waals surface area (Å²) in [5.74, 6) is 0.468. The highest BCUT2D eigenvalue weighted by Crippen LogP contribution is 2.44. The van der Waals surface area contributed by atoms with Crippen molar-refractivity contribution in [3.05, 3.63) is 29.6 Å². The van der Waals surface area contributed by atoms with Crippen LogP contribution >= 0.6 is 17.0 Å². The standard InChI is InChI=1S/C16H24FNO2.BrH/c1-3-19-15-6-5-12(17)11-14(15)16(20-4-2)9-7-13(18)8-10-16;/h5-6,11,13H,3-4,7-10,18H2,1-2H3;1H. The lowest BCUT2D eigenvalue weighted by atomic mass is 9.77. The number of hydrogen-bond donors (Lipinski definition) is 1. The Bertz CT molecular complexity index is 448. The number of hydrogen-bond acceptors (Lipinski definition) is 3. The Hall–Kier alpha value is -0.650. The van der Waals surface area contributed by atoms with Gasteiger partial charge in [-0.05, 0) is 57.7 Å². The zero-order valence-corrected chi connectivity index (χ0v) is 14.4. The summed E-state index contributed by atoms with van der Waals surface area (Å²) in [4.78, 5) is 0. The fourth-order valence-electron chi connectivity index (χ4n) is 3.01. The lowest BCUT2D eigenvalue weighted by Crippen LogP contribution is -2.39. The molecule has 120 valence electrons. The number of halogens is 2. The third-order valence-electron chi connectivity index (χ3n) is 3.99. The Balaban J connectivity index is 0.00000220. The van der Waals surface area contributed by atoms with Gasteiger partial charge in [0.25, 0.3) is 0 Å². The van der Waals surface area contributed by atoms with Crippen LogP contribution in [0.15, 0.2) is 18.2 Å². The van der Waals surface area contributed by atoms with Crippen LogP contribution in [-0.4, -0.2) is 19.3 Å². The Morgan fingerprint density at radius 3 is 2.48 bits per heavy atom. The topological polar surface area (TPSA) is 44.5 Å². The van der Waals surface area contributed by atoms with Gasteiger partial charge in [0.1, 0.15) is 11.6 Å². The van der Waals surface area contributed by atoms with Gasteiger partial charge in [0.05, 0.1) is 12.2 Å². The molecule has 1 fully saturated rings. The summed E-state index contributed by atoms with van der Waals surface area (Å²) in [7, 11) is 0. The molecule has 1 aromatic rings. The van der Waals surface area contributed by atoms with Gasteiger partial charge in [0, 0.05) is 18.2 Å². The fourth-order valence-corrected chi connectivity index (χ4v) is 3.01. The van der Waals surface area contributed by atoms with Crippen LogP contribution in [0.4, 0.5) is 4.39 Å². The summed E-state index contributed by atoms with van der Waals surface area (Å²) in [5.41, 5.74) is 6.36. The van der Waals surface area contributed by atoms with Gasteiger partial charge < -0.3 is 15.2 Å². The lowest BCUT2D eigenvalue weighted by molar-refractivity contribution is -0.0745. The molecule has 21 heavy (non-hydrogen) atoms. The third-order valence-corrected chi connectivity index (χ3v) is 3.99. The maximum absolute atomic E-state index is 13.7. The number of rotatable bonds is 5. The number of nitrogens with two attached hydrogens (primary N) is 1. The van der Waals surface area contributed by atoms with Gasteiger partial charge >= 0.3 is 0 Å². The molecule has 5 heteroatoms. The van der Waals surface area contributed by atoms with E-state index in [-0.39, 0.29) is 28.8 Å². The van der Waals surface area contributed by atoms with E-state index in [4.69, 9.17) is 15.2 Å². The van der Waals surface area contributed by atoms with Crippen LogP contribution < -0.4 is 10.5 Å². The van der Waals surface area contributed by atoms with E-state index < -0.39 is 5.60 Å². The molecule has 0 saturated heterocycles. The molecule has 0 heterocycles. The highest BCUT2D eigenvalue weighted by Gasteiger charge is 2.39. The van der Waals surface area contributed by atoms with E-state index in [1.165, 1.54) is 6.07 Å². The second-order valence-corrected chi connectivity index (χ2v) is 5.34. The van der Waals surface area contributed by atoms with Gasteiger partial charge in [-0.2, -0.15) is 0 Å². The summed E-state index contributed by atoms with van der Waals surface area (Å²) in [6.45, 7) is 5.05. The first kappa shape index (κ1) is 18.4. The molecular formula is C16H25BrFNO2. The van der Waals surface area contributed by atoms with Crippen molar-refractivity contribution < 1.29 is 13.9 Å². The van der Waals surface area contributed by atoms with Crippen molar-refractivity contribution in [2.45, 2.75) is 51.2 Å². The lowest BCUT2D eigenvalue weighted by Gasteiger charge is -2.40. The van der Waals surface area contributed by atoms with Crippen LogP contribution in [0.5, 0.6) is 5.75 Å². The monoisotopic (exact) mass is 361 g/mol. The van der Waals surface area contributed by atoms with Gasteiger partial charge in [0.15, 0.2) is 0 Å². The number of benzene rings is 1. The number of ether oxygens (including phenoxy) is 2. The summed E-state index contributed by atoms with van der Waals surface area (Å²) in [5, 5.41) is 0. The SMILES string of the molecule is Br.CCOc1ccc(F)cc1C1(OCC)CCC(N)CC1. The minimum atomic E-state index is -0.461. The average Bonchev–Trinajstić information content (AvgIpc) is 2.44. The molecule has 0 bridgehead atoms. The average molecular weight is 362 g/mol. The van der Waals surface area contributed by atoms with E-state index in [1.54, 1.807) is 12.1 Å². The minimum absolute atomic E-state index is 0. The molecular weight excluding hydrogens is 337 g/mol. The second kappa shape index (κ2) is 8.11. The highest BCUT2D eigenvalue weighted by atomic mass is 79.9. The summed E-state index contributed by atoms with van der Waals surface area (Å²) in [6.07, 6.45) is 3.40. The molecule has 0 unspecified atom stereocenters. The molecule has 0 aromatic heterocycles. The van der Waals surface area contributed by atoms with Crippen LogP contribution in [0.2, 0.25) is 0 Å². The Labute approximate surface area is 136 Å². The van der Waals surface area contributed by atoms with Crippen molar-refractivity contribution in [3.63, 3.8) is 0 Å². The molecule has 0 aliphatic heterocycles. The molecule has 1 aliphatic carbocycles. The minimum Gasteiger partial charge on any atom is -0.493 e. The molecule has 0 radical (unpaired) electrons. The van der Waals surface area contributed by atoms with Crippen molar-refractivity contribution >= 4 is 17.0 Å². The van der Waals surface area contributed by atoms with Crippen molar-refractivity contribution in [2.75, 3.05) is 13.2 Å². The van der Waals surface area contributed by atoms with Gasteiger partial charge in [-0.1, -0.05) is 0 Å². The van der Waals surface area contributed by atoms with Crippen LogP contribution in [-0.2, 0) is 10.3 Å². The molecule has 2 N–H and O–H groups in total. The summed E-state index contributed by atoms with van der Waals surface area (Å²) >= 11 is 0. The molecule has 1 aromatic carbocycles. The van der Waals surface area contributed by atoms with Gasteiger partial charge in [0.2, 0.25) is 0 Å². The predicted octanol–water partition coefficient (Wildman–Crippen LogP) is 3.94. The van der Waals surface area contributed by atoms with Crippen molar-refractivity contribution in [3.8, 4) is 5.75 Å². The molecule has 3 nitrogen and oxygen atoms in total. The van der Waals surface area contributed by atoms with E-state index in [0.717, 1.165) is 37.0 Å². The van der Waals surface area contributed by atoms with Crippen LogP contribution in [0.1, 0.15) is 45.1 Å². The van der Waals surface area contributed by atoms with Crippen molar-refractivity contribution in [1.82, 2.24) is 0 Å². The maximum Gasteiger partial charge on any atom is 0.125 e. The van der Waals surface area contributed by atoms with Crippen molar-refractivity contribution in [1.29, 1.82) is 0 Å². The third kappa shape index (κ3) is 4.18. The first-order chi connectivity index (χ1) is 9.61. The Morgan fingerprint density at radius 1 is 1.24 bits per heavy atom. The summed E-state index contributed by atoms with van der Waals surface area (Å²) < 4.78 is 25.4. The summed E-state index contributed by atoms with van der Waals surface area (Å²) in [6, 6.07) is 4.90. The van der Waals surface area contributed by atoms with Crippen LogP contribution in [0, 0.1) is 5.82 Å². The molecule has 1 saturated carbocycles. The van der Waals surface area contributed by atoms with Gasteiger partial charge in [-0.15, -0.1) is 17.0 Å². The Kier molecular flexibility index (Phi) is 7.10. The molecule has 0 spiro atoms. The second-order valence-electron chi connectivity index (χ2n) is 5.34. The highest BCUT2D eigenvalue weighted by molar-refractivity contribution is 8.93. The molecule has 1 aliphatic rings. The van der Waals surface area contributed by atoms with Crippen molar-refractivity contribution in [2.24, 2.45) is 5.73 Å². The van der Waals surface area contributed by atoms with E-state index >= 15 is 0 Å². The zero-order chi connectivity index (χ0) is 14.6. The smallest absolute Gasteiger partial charge is 0.125 e. The van der Waals surface area contributed by atoms with Crippen LogP contribution in [0.25, 0.3) is 0 Å². The first-order valence-electron chi connectivity index (χ1n) is 7.43. The molecule has 0 amide bonds. The molecule has 2 rings (SSSR count). The molecule has 0 atom stereocenters. The van der Waals surface area contributed by atoms with E-state index in [0.29, 0.717) is 13.2 Å². The first-order valence-corrected chi connectivity index (χ1v) is 7.43. The largest absolute Gasteiger partial charge is 0.493 e. The Morgan fingerprint density at radius 2 is 1.90 bits per heavy atom. The van der Waals surface area contributed by atoms with Gasteiger partial charge in [-0.25, -0.2) is 4.39 Å². The van der Waals surface area contributed by atoms with E-state index in [1.807, 2.05) is 13.8 Å². The fraction of sp³-hybridized carbons (Fsp3) is 0.625. The quantitative estimate of drug-likeness (QED) is 0.863. The van der Waals surface area contributed by atoms with Gasteiger partial charge in [-0.3, -0.25) is 0 Å². The maximum atomic E-state index is 13.7. The zero-order valence-electron chi connectivity index (χ0n) is 12.7. The van der Waals surface area contributed by atoms with E-state index in [9.17, 15) is 4.39 Å². The van der Waals surface area contributed by atoms with Crippen LogP contribution in [0.3, 0.4) is 0 Å². The van der Waals surface area contributed by atoms with E-state index in [2.05, 4.69) is 0 Å². The predicted molar refractivity (Wildman–Crippen MR) is 87.6 cm³/mol. The normalized spacial score (nSPS) is 25.2.